The van der Waals surface area contributed by atoms with Gasteiger partial charge in [-0.2, -0.15) is 5.26 Å². The predicted octanol–water partition coefficient (Wildman–Crippen LogP) is 0.356. The van der Waals surface area contributed by atoms with E-state index in [2.05, 4.69) is 0 Å². The zero-order valence-corrected chi connectivity index (χ0v) is 8.29. The normalized spacial score (nSPS) is 8.94. The van der Waals surface area contributed by atoms with Gasteiger partial charge in [-0.25, -0.2) is 0 Å². The first-order chi connectivity index (χ1) is 7.72. The van der Waals surface area contributed by atoms with Crippen molar-refractivity contribution in [3.05, 3.63) is 35.4 Å². The Morgan fingerprint density at radius 2 is 1.94 bits per heavy atom. The molecule has 0 spiro atoms. The molecule has 0 saturated carbocycles. The monoisotopic (exact) mass is 216 g/mol. The summed E-state index contributed by atoms with van der Waals surface area (Å²) in [5, 5.41) is 8.76. The van der Waals surface area contributed by atoms with Gasteiger partial charge in [0, 0.05) is 5.56 Å². The molecule has 80 valence electrons. The lowest BCUT2D eigenvalue weighted by atomic mass is 10.0. The highest BCUT2D eigenvalue weighted by Crippen LogP contribution is 2.08. The van der Waals surface area contributed by atoms with Crippen molar-refractivity contribution in [1.82, 2.24) is 4.90 Å². The molecule has 2 amide bonds. The Balaban J connectivity index is 2.93. The Morgan fingerprint density at radius 1 is 1.31 bits per heavy atom. The smallest absolute Gasteiger partial charge is 0.216 e. The molecule has 0 aliphatic rings. The number of benzene rings is 1. The number of hydrogen-bond donors (Lipinski definition) is 0. The number of carbonyl (C=O) groups excluding carboxylic acids is 3. The summed E-state index contributed by atoms with van der Waals surface area (Å²) < 4.78 is 0. The first-order valence-electron chi connectivity index (χ1n) is 4.41. The van der Waals surface area contributed by atoms with Gasteiger partial charge in [0.25, 0.3) is 0 Å². The van der Waals surface area contributed by atoms with Crippen LogP contribution in [0.4, 0.5) is 0 Å². The van der Waals surface area contributed by atoms with Crippen molar-refractivity contribution in [3.8, 4) is 6.07 Å². The summed E-state index contributed by atoms with van der Waals surface area (Å²) in [4.78, 5) is 33.0. The minimum atomic E-state index is -0.448. The van der Waals surface area contributed by atoms with Crippen LogP contribution in [0.15, 0.2) is 24.3 Å². The number of Topliss-reactive ketones (excluding diaryl/α,β-unsaturated/α-hetero) is 1. The number of rotatable bonds is 5. The average Bonchev–Trinajstić information content (AvgIpc) is 2.35. The summed E-state index contributed by atoms with van der Waals surface area (Å²) in [6.45, 7) is -0.355. The first kappa shape index (κ1) is 11.6. The van der Waals surface area contributed by atoms with Crippen LogP contribution in [0.25, 0.3) is 0 Å². The minimum Gasteiger partial charge on any atom is -0.292 e. The summed E-state index contributed by atoms with van der Waals surface area (Å²) in [5.41, 5.74) is 0.433. The Bertz CT molecular complexity index is 455. The van der Waals surface area contributed by atoms with Crippen LogP contribution < -0.4 is 0 Å². The summed E-state index contributed by atoms with van der Waals surface area (Å²) in [7, 11) is 0. The molecular formula is C11H8N2O3. The van der Waals surface area contributed by atoms with Gasteiger partial charge in [-0.05, 0) is 6.07 Å². The van der Waals surface area contributed by atoms with Gasteiger partial charge in [0.05, 0.1) is 18.2 Å². The molecule has 5 nitrogen and oxygen atoms in total. The fourth-order valence-corrected chi connectivity index (χ4v) is 1.17. The molecule has 0 heterocycles. The van der Waals surface area contributed by atoms with Gasteiger partial charge in [0.1, 0.15) is 0 Å². The van der Waals surface area contributed by atoms with E-state index in [4.69, 9.17) is 5.26 Å². The van der Waals surface area contributed by atoms with Crippen LogP contribution in [0.5, 0.6) is 0 Å². The highest BCUT2D eigenvalue weighted by molar-refractivity contribution is 6.01. The molecule has 0 atom stereocenters. The van der Waals surface area contributed by atoms with Crippen LogP contribution in [0, 0.1) is 11.3 Å². The molecule has 16 heavy (non-hydrogen) atoms. The van der Waals surface area contributed by atoms with Crippen LogP contribution in [0.3, 0.4) is 0 Å². The quantitative estimate of drug-likeness (QED) is 0.525. The van der Waals surface area contributed by atoms with Gasteiger partial charge in [-0.1, -0.05) is 18.2 Å². The molecule has 0 aliphatic heterocycles. The van der Waals surface area contributed by atoms with E-state index in [1.165, 1.54) is 12.1 Å². The largest absolute Gasteiger partial charge is 0.292 e. The third-order valence-corrected chi connectivity index (χ3v) is 1.94. The molecule has 0 unspecified atom stereocenters. The van der Waals surface area contributed by atoms with E-state index in [1.807, 2.05) is 6.07 Å². The highest BCUT2D eigenvalue weighted by Gasteiger charge is 2.13. The zero-order chi connectivity index (χ0) is 12.0. The van der Waals surface area contributed by atoms with E-state index in [9.17, 15) is 14.4 Å². The summed E-state index contributed by atoms with van der Waals surface area (Å²) in [5.74, 6) is -0.448. The van der Waals surface area contributed by atoms with E-state index >= 15 is 0 Å². The average molecular weight is 216 g/mol. The standard InChI is InChI=1S/C11H8N2O3/c12-5-9-3-1-2-4-10(9)11(16)6-13(7-14)8-15/h1-4,7-8H,6H2. The maximum absolute atomic E-state index is 11.6. The zero-order valence-electron chi connectivity index (χ0n) is 8.29. The molecule has 1 aromatic rings. The van der Waals surface area contributed by atoms with Gasteiger partial charge >= 0.3 is 0 Å². The number of nitrogens with zero attached hydrogens (tertiary/aromatic N) is 2. The second-order valence-corrected chi connectivity index (χ2v) is 2.96. The van der Waals surface area contributed by atoms with Crippen molar-refractivity contribution in [2.45, 2.75) is 0 Å². The Kier molecular flexibility index (Phi) is 3.92. The Hall–Kier alpha value is -2.48. The van der Waals surface area contributed by atoms with E-state index < -0.39 is 5.78 Å². The van der Waals surface area contributed by atoms with E-state index in [1.54, 1.807) is 12.1 Å². The third-order valence-electron chi connectivity index (χ3n) is 1.94. The third kappa shape index (κ3) is 2.51. The lowest BCUT2D eigenvalue weighted by Crippen LogP contribution is -2.27. The number of amides is 2. The fraction of sp³-hybridized carbons (Fsp3) is 0.0909. The SMILES string of the molecule is N#Cc1ccccc1C(=O)CN(C=O)C=O. The molecular weight excluding hydrogens is 208 g/mol. The second-order valence-electron chi connectivity index (χ2n) is 2.96. The van der Waals surface area contributed by atoms with Gasteiger partial charge in [0.2, 0.25) is 12.8 Å². The van der Waals surface area contributed by atoms with Gasteiger partial charge in [0.15, 0.2) is 5.78 Å². The Morgan fingerprint density at radius 3 is 2.50 bits per heavy atom. The van der Waals surface area contributed by atoms with Crippen molar-refractivity contribution < 1.29 is 14.4 Å². The van der Waals surface area contributed by atoms with Crippen molar-refractivity contribution in [3.63, 3.8) is 0 Å². The lowest BCUT2D eigenvalue weighted by Gasteiger charge is -2.08. The molecule has 1 rings (SSSR count). The molecule has 0 N–H and O–H groups in total. The summed E-state index contributed by atoms with van der Waals surface area (Å²) in [6, 6.07) is 8.09. The topological polar surface area (TPSA) is 78.2 Å². The number of hydrogen-bond acceptors (Lipinski definition) is 4. The summed E-state index contributed by atoms with van der Waals surface area (Å²) >= 11 is 0. The second kappa shape index (κ2) is 5.41. The highest BCUT2D eigenvalue weighted by atomic mass is 16.2. The Labute approximate surface area is 91.9 Å². The predicted molar refractivity (Wildman–Crippen MR) is 54.3 cm³/mol. The maximum atomic E-state index is 11.6. The summed E-state index contributed by atoms with van der Waals surface area (Å²) in [6.07, 6.45) is 0.528. The van der Waals surface area contributed by atoms with Crippen molar-refractivity contribution >= 4 is 18.6 Å². The van der Waals surface area contributed by atoms with Crippen molar-refractivity contribution in [1.29, 1.82) is 5.26 Å². The molecule has 1 aromatic carbocycles. The number of ketones is 1. The van der Waals surface area contributed by atoms with Gasteiger partial charge < -0.3 is 0 Å². The molecule has 0 saturated heterocycles. The number of nitriles is 1. The molecule has 0 aromatic heterocycles. The van der Waals surface area contributed by atoms with Crippen LogP contribution in [-0.4, -0.2) is 30.0 Å². The van der Waals surface area contributed by atoms with E-state index in [0.717, 1.165) is 0 Å². The fourth-order valence-electron chi connectivity index (χ4n) is 1.17. The molecule has 5 heteroatoms. The van der Waals surface area contributed by atoms with Gasteiger partial charge in [-0.15, -0.1) is 0 Å². The van der Waals surface area contributed by atoms with Crippen LogP contribution in [0.1, 0.15) is 15.9 Å². The van der Waals surface area contributed by atoms with Crippen LogP contribution in [0.2, 0.25) is 0 Å². The van der Waals surface area contributed by atoms with Crippen molar-refractivity contribution in [2.75, 3.05) is 6.54 Å². The molecule has 0 radical (unpaired) electrons. The molecule has 0 bridgehead atoms. The van der Waals surface area contributed by atoms with E-state index in [-0.39, 0.29) is 30.5 Å². The first-order valence-corrected chi connectivity index (χ1v) is 4.41. The van der Waals surface area contributed by atoms with Crippen molar-refractivity contribution in [2.24, 2.45) is 0 Å². The van der Waals surface area contributed by atoms with Crippen LogP contribution in [-0.2, 0) is 9.59 Å². The maximum Gasteiger partial charge on any atom is 0.216 e. The molecule has 0 aliphatic carbocycles. The molecule has 0 fully saturated rings. The van der Waals surface area contributed by atoms with Crippen LogP contribution >= 0.6 is 0 Å². The lowest BCUT2D eigenvalue weighted by molar-refractivity contribution is -0.128. The van der Waals surface area contributed by atoms with Gasteiger partial charge in [-0.3, -0.25) is 19.3 Å². The number of carbonyl (C=O) groups is 3. The minimum absolute atomic E-state index is 0.207. The van der Waals surface area contributed by atoms with E-state index in [0.29, 0.717) is 4.90 Å². The number of imide groups is 1.